The molecule has 0 fully saturated rings. The Hall–Kier alpha value is -0.0400. The van der Waals surface area contributed by atoms with E-state index >= 15 is 0 Å². The molecule has 0 unspecified atom stereocenters. The van der Waals surface area contributed by atoms with Crippen molar-refractivity contribution in [2.24, 2.45) is 10.9 Å². The van der Waals surface area contributed by atoms with Crippen molar-refractivity contribution in [1.82, 2.24) is 15.5 Å². The predicted molar refractivity (Wildman–Crippen MR) is 96.6 cm³/mol. The van der Waals surface area contributed by atoms with Crippen LogP contribution < -0.4 is 10.6 Å². The van der Waals surface area contributed by atoms with E-state index in [0.29, 0.717) is 0 Å². The van der Waals surface area contributed by atoms with Gasteiger partial charge in [0.2, 0.25) is 0 Å². The predicted octanol–water partition coefficient (Wildman–Crippen LogP) is 2.55. The summed E-state index contributed by atoms with van der Waals surface area (Å²) < 4.78 is 0. The van der Waals surface area contributed by atoms with Crippen molar-refractivity contribution < 1.29 is 0 Å². The Kier molecular flexibility index (Phi) is 12.0. The van der Waals surface area contributed by atoms with Gasteiger partial charge in [0.15, 0.2) is 5.96 Å². The number of hydrogen-bond acceptors (Lipinski definition) is 2. The molecular formula is C14H33IN4. The zero-order valence-electron chi connectivity index (χ0n) is 13.7. The van der Waals surface area contributed by atoms with Crippen LogP contribution in [0.3, 0.4) is 0 Å². The zero-order valence-corrected chi connectivity index (χ0v) is 16.0. The number of nitrogens with one attached hydrogen (secondary N) is 2. The fraction of sp³-hybridized carbons (Fsp3) is 0.929. The molecule has 19 heavy (non-hydrogen) atoms. The van der Waals surface area contributed by atoms with Crippen molar-refractivity contribution in [2.75, 3.05) is 33.7 Å². The van der Waals surface area contributed by atoms with Gasteiger partial charge in [-0.05, 0) is 47.2 Å². The maximum absolute atomic E-state index is 4.66. The minimum absolute atomic E-state index is 0. The van der Waals surface area contributed by atoms with Gasteiger partial charge in [0.25, 0.3) is 0 Å². The zero-order chi connectivity index (χ0) is 14.2. The van der Waals surface area contributed by atoms with Crippen LogP contribution in [0.5, 0.6) is 0 Å². The summed E-state index contributed by atoms with van der Waals surface area (Å²) in [5.41, 5.74) is 0.0837. The van der Waals surface area contributed by atoms with Gasteiger partial charge in [-0.2, -0.15) is 0 Å². The highest BCUT2D eigenvalue weighted by atomic mass is 127. The van der Waals surface area contributed by atoms with Gasteiger partial charge >= 0.3 is 0 Å². The molecule has 4 nitrogen and oxygen atoms in total. The van der Waals surface area contributed by atoms with Crippen molar-refractivity contribution in [3.05, 3.63) is 0 Å². The van der Waals surface area contributed by atoms with Gasteiger partial charge in [-0.3, -0.25) is 4.99 Å². The number of aliphatic imine (C=N–C) groups is 1. The smallest absolute Gasteiger partial charge is 0.191 e. The number of rotatable bonds is 7. The summed E-state index contributed by atoms with van der Waals surface area (Å²) in [5.74, 6) is 1.65. The summed E-state index contributed by atoms with van der Waals surface area (Å²) in [6.45, 7) is 13.6. The van der Waals surface area contributed by atoms with E-state index in [1.54, 1.807) is 0 Å². The van der Waals surface area contributed by atoms with Crippen LogP contribution in [0.15, 0.2) is 4.99 Å². The van der Waals surface area contributed by atoms with Crippen LogP contribution in [0.25, 0.3) is 0 Å². The standard InChI is InChI=1S/C14H32N4.HI/c1-8-15-13(16-10-9-12(2)3)17-11-14(4,5)18(6)7;/h12H,8-11H2,1-7H3,(H2,15,16,17);1H. The Morgan fingerprint density at radius 3 is 2.21 bits per heavy atom. The molecule has 0 saturated carbocycles. The molecule has 0 aliphatic rings. The second-order valence-corrected chi connectivity index (χ2v) is 6.01. The summed E-state index contributed by atoms with van der Waals surface area (Å²) in [7, 11) is 4.18. The van der Waals surface area contributed by atoms with E-state index in [4.69, 9.17) is 0 Å². The summed E-state index contributed by atoms with van der Waals surface area (Å²) in [6, 6.07) is 0. The quantitative estimate of drug-likeness (QED) is 0.403. The summed E-state index contributed by atoms with van der Waals surface area (Å²) in [5, 5.41) is 6.67. The van der Waals surface area contributed by atoms with Crippen LogP contribution in [0.1, 0.15) is 41.0 Å². The topological polar surface area (TPSA) is 39.7 Å². The van der Waals surface area contributed by atoms with E-state index in [-0.39, 0.29) is 29.5 Å². The number of guanidine groups is 1. The third-order valence-corrected chi connectivity index (χ3v) is 3.19. The summed E-state index contributed by atoms with van der Waals surface area (Å²) in [6.07, 6.45) is 1.17. The lowest BCUT2D eigenvalue weighted by molar-refractivity contribution is 0.204. The van der Waals surface area contributed by atoms with Gasteiger partial charge in [0, 0.05) is 18.6 Å². The highest BCUT2D eigenvalue weighted by molar-refractivity contribution is 14.0. The van der Waals surface area contributed by atoms with E-state index in [2.05, 4.69) is 69.2 Å². The van der Waals surface area contributed by atoms with E-state index in [9.17, 15) is 0 Å². The first-order chi connectivity index (χ1) is 8.29. The maximum Gasteiger partial charge on any atom is 0.191 e. The van der Waals surface area contributed by atoms with Crippen molar-refractivity contribution in [3.8, 4) is 0 Å². The third-order valence-electron chi connectivity index (χ3n) is 3.19. The van der Waals surface area contributed by atoms with Gasteiger partial charge in [-0.1, -0.05) is 13.8 Å². The first-order valence-electron chi connectivity index (χ1n) is 6.99. The summed E-state index contributed by atoms with van der Waals surface area (Å²) in [4.78, 5) is 6.86. The minimum atomic E-state index is 0. The fourth-order valence-electron chi connectivity index (χ4n) is 1.23. The Morgan fingerprint density at radius 2 is 1.79 bits per heavy atom. The molecule has 0 radical (unpaired) electrons. The highest BCUT2D eigenvalue weighted by Gasteiger charge is 2.19. The molecule has 0 amide bonds. The van der Waals surface area contributed by atoms with Crippen LogP contribution in [0.2, 0.25) is 0 Å². The van der Waals surface area contributed by atoms with Crippen LogP contribution in [0, 0.1) is 5.92 Å². The van der Waals surface area contributed by atoms with E-state index < -0.39 is 0 Å². The minimum Gasteiger partial charge on any atom is -0.357 e. The fourth-order valence-corrected chi connectivity index (χ4v) is 1.23. The number of halogens is 1. The van der Waals surface area contributed by atoms with Crippen LogP contribution in [-0.2, 0) is 0 Å². The molecule has 0 saturated heterocycles. The average molecular weight is 384 g/mol. The Balaban J connectivity index is 0. The molecule has 0 aromatic rings. The first-order valence-corrected chi connectivity index (χ1v) is 6.99. The van der Waals surface area contributed by atoms with Crippen LogP contribution in [-0.4, -0.2) is 50.1 Å². The monoisotopic (exact) mass is 384 g/mol. The Bertz CT molecular complexity index is 250. The summed E-state index contributed by atoms with van der Waals surface area (Å²) >= 11 is 0. The Morgan fingerprint density at radius 1 is 1.21 bits per heavy atom. The van der Waals surface area contributed by atoms with Crippen molar-refractivity contribution in [2.45, 2.75) is 46.6 Å². The molecule has 0 aromatic heterocycles. The molecular weight excluding hydrogens is 351 g/mol. The number of nitrogens with zero attached hydrogens (tertiary/aromatic N) is 2. The number of likely N-dealkylation sites (N-methyl/N-ethyl adjacent to an activating group) is 1. The van der Waals surface area contributed by atoms with Crippen LogP contribution in [0.4, 0.5) is 0 Å². The van der Waals surface area contributed by atoms with Gasteiger partial charge in [0.1, 0.15) is 0 Å². The molecule has 0 bridgehead atoms. The average Bonchev–Trinajstić information content (AvgIpc) is 2.25. The lowest BCUT2D eigenvalue weighted by Crippen LogP contribution is -2.44. The van der Waals surface area contributed by atoms with Gasteiger partial charge in [-0.25, -0.2) is 0 Å². The molecule has 0 heterocycles. The number of hydrogen-bond donors (Lipinski definition) is 2. The second kappa shape index (κ2) is 10.7. The molecule has 0 aromatic carbocycles. The van der Waals surface area contributed by atoms with Crippen molar-refractivity contribution in [1.29, 1.82) is 0 Å². The molecule has 0 rings (SSSR count). The molecule has 0 aliphatic carbocycles. The van der Waals surface area contributed by atoms with Gasteiger partial charge in [0.05, 0.1) is 6.54 Å². The van der Waals surface area contributed by atoms with E-state index in [1.165, 1.54) is 6.42 Å². The SMILES string of the molecule is CCNC(=NCC(C)(C)N(C)C)NCCC(C)C.I. The lowest BCUT2D eigenvalue weighted by atomic mass is 10.1. The third kappa shape index (κ3) is 10.4. The lowest BCUT2D eigenvalue weighted by Gasteiger charge is -2.31. The maximum atomic E-state index is 4.66. The molecule has 0 spiro atoms. The van der Waals surface area contributed by atoms with Crippen LogP contribution >= 0.6 is 24.0 Å². The van der Waals surface area contributed by atoms with Gasteiger partial charge in [-0.15, -0.1) is 24.0 Å². The highest BCUT2D eigenvalue weighted by Crippen LogP contribution is 2.09. The normalized spacial score (nSPS) is 12.6. The molecule has 0 atom stereocenters. The Labute approximate surface area is 136 Å². The second-order valence-electron chi connectivity index (χ2n) is 6.01. The molecule has 0 aliphatic heterocycles. The molecule has 2 N–H and O–H groups in total. The van der Waals surface area contributed by atoms with E-state index in [0.717, 1.165) is 31.5 Å². The molecule has 116 valence electrons. The van der Waals surface area contributed by atoms with Crippen molar-refractivity contribution in [3.63, 3.8) is 0 Å². The van der Waals surface area contributed by atoms with Gasteiger partial charge < -0.3 is 15.5 Å². The molecule has 5 heteroatoms. The van der Waals surface area contributed by atoms with E-state index in [1.807, 2.05) is 0 Å². The van der Waals surface area contributed by atoms with Crippen molar-refractivity contribution >= 4 is 29.9 Å². The largest absolute Gasteiger partial charge is 0.357 e. The first kappa shape index (κ1) is 21.3.